The highest BCUT2D eigenvalue weighted by Gasteiger charge is 2.14. The molecule has 0 aliphatic carbocycles. The summed E-state index contributed by atoms with van der Waals surface area (Å²) in [5.74, 6) is 0. The Morgan fingerprint density at radius 1 is 1.04 bits per heavy atom. The van der Waals surface area contributed by atoms with E-state index in [-0.39, 0.29) is 11.5 Å². The van der Waals surface area contributed by atoms with Gasteiger partial charge < -0.3 is 4.42 Å². The molecular formula is C18H18O4S. The van der Waals surface area contributed by atoms with Gasteiger partial charge in [-0.1, -0.05) is 35.9 Å². The molecule has 0 atom stereocenters. The lowest BCUT2D eigenvalue weighted by Gasteiger charge is -2.05. The second kappa shape index (κ2) is 6.56. The molecule has 1 heterocycles. The molecule has 0 N–H and O–H groups in total. The van der Waals surface area contributed by atoms with Crippen molar-refractivity contribution in [1.29, 1.82) is 0 Å². The maximum Gasteiger partial charge on any atom is 0.296 e. The second-order valence-electron chi connectivity index (χ2n) is 5.45. The van der Waals surface area contributed by atoms with Gasteiger partial charge in [-0.15, -0.1) is 0 Å². The van der Waals surface area contributed by atoms with E-state index in [1.807, 2.05) is 31.2 Å². The Balaban J connectivity index is 1.58. The number of para-hydroxylation sites is 1. The zero-order chi connectivity index (χ0) is 16.3. The Morgan fingerprint density at radius 3 is 2.57 bits per heavy atom. The topological polar surface area (TPSA) is 56.5 Å². The van der Waals surface area contributed by atoms with Crippen molar-refractivity contribution in [3.8, 4) is 0 Å². The molecule has 0 bridgehead atoms. The molecule has 23 heavy (non-hydrogen) atoms. The van der Waals surface area contributed by atoms with Gasteiger partial charge in [0.2, 0.25) is 0 Å². The van der Waals surface area contributed by atoms with E-state index >= 15 is 0 Å². The summed E-state index contributed by atoms with van der Waals surface area (Å²) in [5.41, 5.74) is 2.92. The van der Waals surface area contributed by atoms with Gasteiger partial charge in [-0.3, -0.25) is 4.18 Å². The van der Waals surface area contributed by atoms with Crippen molar-refractivity contribution in [3.63, 3.8) is 0 Å². The van der Waals surface area contributed by atoms with Crippen molar-refractivity contribution in [2.24, 2.45) is 0 Å². The van der Waals surface area contributed by atoms with Gasteiger partial charge in [-0.25, -0.2) is 0 Å². The third-order valence-corrected chi connectivity index (χ3v) is 5.03. The van der Waals surface area contributed by atoms with Crippen LogP contribution in [0.4, 0.5) is 0 Å². The summed E-state index contributed by atoms with van der Waals surface area (Å²) in [6.07, 6.45) is 3.04. The average Bonchev–Trinajstić information content (AvgIpc) is 2.95. The highest BCUT2D eigenvalue weighted by Crippen LogP contribution is 2.22. The molecule has 1 aromatic heterocycles. The number of furan rings is 1. The molecule has 0 radical (unpaired) electrons. The van der Waals surface area contributed by atoms with Gasteiger partial charge in [-0.2, -0.15) is 8.42 Å². The lowest BCUT2D eigenvalue weighted by atomic mass is 10.1. The summed E-state index contributed by atoms with van der Waals surface area (Å²) in [5, 5.41) is 1.06. The molecule has 3 rings (SSSR count). The predicted octanol–water partition coefficient (Wildman–Crippen LogP) is 4.08. The first-order valence-corrected chi connectivity index (χ1v) is 8.88. The summed E-state index contributed by atoms with van der Waals surface area (Å²) in [7, 11) is -3.68. The number of benzene rings is 2. The number of fused-ring (bicyclic) bond motifs is 1. The molecule has 0 saturated carbocycles. The van der Waals surface area contributed by atoms with E-state index in [2.05, 4.69) is 0 Å². The van der Waals surface area contributed by atoms with E-state index < -0.39 is 10.1 Å². The summed E-state index contributed by atoms with van der Waals surface area (Å²) in [6, 6.07) is 14.4. The van der Waals surface area contributed by atoms with Gasteiger partial charge in [0.1, 0.15) is 5.58 Å². The van der Waals surface area contributed by atoms with Crippen molar-refractivity contribution < 1.29 is 17.0 Å². The molecule has 0 amide bonds. The van der Waals surface area contributed by atoms with Gasteiger partial charge >= 0.3 is 0 Å². The van der Waals surface area contributed by atoms with Gasteiger partial charge in [0.25, 0.3) is 10.1 Å². The van der Waals surface area contributed by atoms with Crippen LogP contribution < -0.4 is 0 Å². The van der Waals surface area contributed by atoms with E-state index in [4.69, 9.17) is 8.60 Å². The molecule has 0 unspecified atom stereocenters. The molecule has 4 nitrogen and oxygen atoms in total. The highest BCUT2D eigenvalue weighted by molar-refractivity contribution is 7.86. The van der Waals surface area contributed by atoms with Crippen molar-refractivity contribution in [3.05, 3.63) is 65.9 Å². The Labute approximate surface area is 135 Å². The quantitative estimate of drug-likeness (QED) is 0.505. The van der Waals surface area contributed by atoms with Crippen molar-refractivity contribution in [2.75, 3.05) is 6.61 Å². The molecule has 0 aliphatic rings. The predicted molar refractivity (Wildman–Crippen MR) is 88.9 cm³/mol. The lowest BCUT2D eigenvalue weighted by molar-refractivity contribution is 0.312. The lowest BCUT2D eigenvalue weighted by Crippen LogP contribution is -2.08. The fourth-order valence-corrected chi connectivity index (χ4v) is 3.37. The fourth-order valence-electron chi connectivity index (χ4n) is 2.43. The zero-order valence-corrected chi connectivity index (χ0v) is 13.7. The zero-order valence-electron chi connectivity index (χ0n) is 12.9. The van der Waals surface area contributed by atoms with E-state index in [1.165, 1.54) is 0 Å². The Bertz CT molecular complexity index is 892. The maximum atomic E-state index is 12.1. The second-order valence-corrected chi connectivity index (χ2v) is 7.07. The summed E-state index contributed by atoms with van der Waals surface area (Å²) < 4.78 is 34.7. The van der Waals surface area contributed by atoms with Crippen LogP contribution in [0.1, 0.15) is 17.5 Å². The Hall–Kier alpha value is -2.11. The fraction of sp³-hybridized carbons (Fsp3) is 0.222. The van der Waals surface area contributed by atoms with Crippen LogP contribution in [0.5, 0.6) is 0 Å². The van der Waals surface area contributed by atoms with Gasteiger partial charge in [0.15, 0.2) is 0 Å². The molecule has 2 aromatic carbocycles. The molecular weight excluding hydrogens is 312 g/mol. The minimum atomic E-state index is -3.68. The Kier molecular flexibility index (Phi) is 4.50. The first kappa shape index (κ1) is 15.8. The minimum absolute atomic E-state index is 0.149. The van der Waals surface area contributed by atoms with Crippen LogP contribution in [-0.2, 0) is 20.7 Å². The number of aryl methyl sites for hydroxylation is 2. The summed E-state index contributed by atoms with van der Waals surface area (Å²) in [4.78, 5) is 0.192. The molecule has 3 aromatic rings. The number of hydrogen-bond acceptors (Lipinski definition) is 4. The molecule has 0 aliphatic heterocycles. The van der Waals surface area contributed by atoms with E-state index in [0.717, 1.165) is 22.1 Å². The smallest absolute Gasteiger partial charge is 0.296 e. The van der Waals surface area contributed by atoms with Crippen molar-refractivity contribution >= 4 is 21.1 Å². The van der Waals surface area contributed by atoms with Crippen LogP contribution in [0.2, 0.25) is 0 Å². The molecule has 120 valence electrons. The van der Waals surface area contributed by atoms with Crippen LogP contribution in [-0.4, -0.2) is 15.0 Å². The van der Waals surface area contributed by atoms with E-state index in [0.29, 0.717) is 12.8 Å². The van der Waals surface area contributed by atoms with E-state index in [9.17, 15) is 8.42 Å². The molecule has 0 spiro atoms. The number of hydrogen-bond donors (Lipinski definition) is 0. The summed E-state index contributed by atoms with van der Waals surface area (Å²) >= 11 is 0. The van der Waals surface area contributed by atoms with Gasteiger partial charge in [0, 0.05) is 5.39 Å². The van der Waals surface area contributed by atoms with E-state index in [1.54, 1.807) is 30.5 Å². The standard InChI is InChI=1S/C18H18O4S/c1-14-8-10-16(11-9-14)23(19,20)22-12-4-5-15-13-21-18-7-3-2-6-17(15)18/h2-3,6-11,13H,4-5,12H2,1H3. The van der Waals surface area contributed by atoms with Crippen molar-refractivity contribution in [2.45, 2.75) is 24.7 Å². The maximum absolute atomic E-state index is 12.1. The minimum Gasteiger partial charge on any atom is -0.464 e. The van der Waals surface area contributed by atoms with Crippen LogP contribution in [0, 0.1) is 6.92 Å². The molecule has 5 heteroatoms. The van der Waals surface area contributed by atoms with Gasteiger partial charge in [0.05, 0.1) is 17.8 Å². The first-order valence-electron chi connectivity index (χ1n) is 7.47. The first-order chi connectivity index (χ1) is 11.1. The van der Waals surface area contributed by atoms with Crippen LogP contribution in [0.3, 0.4) is 0 Å². The normalized spacial score (nSPS) is 11.9. The monoisotopic (exact) mass is 330 g/mol. The van der Waals surface area contributed by atoms with Crippen LogP contribution >= 0.6 is 0 Å². The van der Waals surface area contributed by atoms with Crippen LogP contribution in [0.25, 0.3) is 11.0 Å². The van der Waals surface area contributed by atoms with Gasteiger partial charge in [-0.05, 0) is 43.5 Å². The summed E-state index contributed by atoms with van der Waals surface area (Å²) in [6.45, 7) is 2.06. The number of rotatable bonds is 6. The average molecular weight is 330 g/mol. The largest absolute Gasteiger partial charge is 0.464 e. The van der Waals surface area contributed by atoms with Crippen LogP contribution in [0.15, 0.2) is 64.1 Å². The molecule has 0 fully saturated rings. The Morgan fingerprint density at radius 2 is 1.78 bits per heavy atom. The highest BCUT2D eigenvalue weighted by atomic mass is 32.2. The third-order valence-electron chi connectivity index (χ3n) is 3.70. The third kappa shape index (κ3) is 3.63. The van der Waals surface area contributed by atoms with Crippen molar-refractivity contribution in [1.82, 2.24) is 0 Å². The molecule has 0 saturated heterocycles. The SMILES string of the molecule is Cc1ccc(S(=O)(=O)OCCCc2coc3ccccc23)cc1.